The number of hydrogen-bond donors (Lipinski definition) is 1. The maximum Gasteiger partial charge on any atom is 0.270 e. The average molecular weight is 233 g/mol. The van der Waals surface area contributed by atoms with E-state index in [0.717, 1.165) is 4.79 Å². The minimum atomic E-state index is -0.549. The third kappa shape index (κ3) is 2.43. The van der Waals surface area contributed by atoms with Crippen molar-refractivity contribution in [2.24, 2.45) is 5.10 Å². The summed E-state index contributed by atoms with van der Waals surface area (Å²) in [5.74, 6) is -0.0977. The number of nitro benzene ring substituents is 1. The lowest BCUT2D eigenvalue weighted by Gasteiger charge is -1.98. The SMILES string of the molecule is O=[N+]([O-])c1ccc(O)c(/C=N/n2cncn2)c1. The molecule has 0 spiro atoms. The van der Waals surface area contributed by atoms with Crippen LogP contribution >= 0.6 is 0 Å². The van der Waals surface area contributed by atoms with Gasteiger partial charge >= 0.3 is 0 Å². The van der Waals surface area contributed by atoms with Gasteiger partial charge in [0.25, 0.3) is 5.69 Å². The molecular formula is C9H7N5O3. The van der Waals surface area contributed by atoms with Gasteiger partial charge in [-0.1, -0.05) is 0 Å². The van der Waals surface area contributed by atoms with E-state index in [2.05, 4.69) is 15.2 Å². The van der Waals surface area contributed by atoms with Crippen molar-refractivity contribution in [1.29, 1.82) is 0 Å². The van der Waals surface area contributed by atoms with Gasteiger partial charge in [0.2, 0.25) is 0 Å². The van der Waals surface area contributed by atoms with Crippen molar-refractivity contribution in [3.63, 3.8) is 0 Å². The quantitative estimate of drug-likeness (QED) is 0.478. The Bertz CT molecular complexity index is 564. The maximum absolute atomic E-state index is 10.5. The summed E-state index contributed by atoms with van der Waals surface area (Å²) in [6.45, 7) is 0. The molecule has 8 nitrogen and oxygen atoms in total. The Labute approximate surface area is 95.0 Å². The molecule has 8 heteroatoms. The summed E-state index contributed by atoms with van der Waals surface area (Å²) in [5, 5.41) is 27.6. The lowest BCUT2D eigenvalue weighted by molar-refractivity contribution is -0.384. The predicted molar refractivity (Wildman–Crippen MR) is 57.8 cm³/mol. The molecule has 0 radical (unpaired) electrons. The van der Waals surface area contributed by atoms with Crippen LogP contribution in [0.2, 0.25) is 0 Å². The van der Waals surface area contributed by atoms with Crippen molar-refractivity contribution >= 4 is 11.9 Å². The molecule has 17 heavy (non-hydrogen) atoms. The van der Waals surface area contributed by atoms with Crippen LogP contribution < -0.4 is 0 Å². The molecule has 1 N–H and O–H groups in total. The molecule has 1 aromatic heterocycles. The Morgan fingerprint density at radius 1 is 1.53 bits per heavy atom. The monoisotopic (exact) mass is 233 g/mol. The molecule has 0 atom stereocenters. The third-order valence-corrected chi connectivity index (χ3v) is 1.94. The molecule has 0 aliphatic heterocycles. The standard InChI is InChI=1S/C9H7N5O3/c15-9-2-1-8(14(16)17)3-7(9)4-11-13-6-10-5-12-13/h1-6,15H/b11-4+. The average Bonchev–Trinajstić information content (AvgIpc) is 2.80. The lowest BCUT2D eigenvalue weighted by atomic mass is 10.2. The molecule has 0 saturated heterocycles. The summed E-state index contributed by atoms with van der Waals surface area (Å²) in [6.07, 6.45) is 3.91. The summed E-state index contributed by atoms with van der Waals surface area (Å²) in [7, 11) is 0. The van der Waals surface area contributed by atoms with Gasteiger partial charge < -0.3 is 5.11 Å². The highest BCUT2D eigenvalue weighted by Crippen LogP contribution is 2.21. The van der Waals surface area contributed by atoms with E-state index in [9.17, 15) is 15.2 Å². The van der Waals surface area contributed by atoms with Crippen LogP contribution in [0, 0.1) is 10.1 Å². The number of hydrogen-bond acceptors (Lipinski definition) is 6. The summed E-state index contributed by atoms with van der Waals surface area (Å²) in [5.41, 5.74) is 0.109. The second-order valence-electron chi connectivity index (χ2n) is 3.06. The van der Waals surface area contributed by atoms with Gasteiger partial charge in [0.05, 0.1) is 11.1 Å². The highest BCUT2D eigenvalue weighted by atomic mass is 16.6. The smallest absolute Gasteiger partial charge is 0.270 e. The predicted octanol–water partition coefficient (Wildman–Crippen LogP) is 0.774. The molecule has 0 saturated carbocycles. The number of aromatic nitrogens is 3. The van der Waals surface area contributed by atoms with Crippen molar-refractivity contribution in [2.45, 2.75) is 0 Å². The van der Waals surface area contributed by atoms with E-state index in [1.54, 1.807) is 0 Å². The largest absolute Gasteiger partial charge is 0.507 e. The Kier molecular flexibility index (Phi) is 2.77. The normalized spacial score (nSPS) is 10.8. The summed E-state index contributed by atoms with van der Waals surface area (Å²) in [4.78, 5) is 14.8. The molecule has 0 amide bonds. The second kappa shape index (κ2) is 4.39. The second-order valence-corrected chi connectivity index (χ2v) is 3.06. The Morgan fingerprint density at radius 3 is 3.00 bits per heavy atom. The van der Waals surface area contributed by atoms with E-state index < -0.39 is 4.92 Å². The van der Waals surface area contributed by atoms with Crippen molar-refractivity contribution in [1.82, 2.24) is 14.9 Å². The fourth-order valence-corrected chi connectivity index (χ4v) is 1.14. The summed E-state index contributed by atoms with van der Waals surface area (Å²) < 4.78 is 0. The van der Waals surface area contributed by atoms with Gasteiger partial charge in [-0.2, -0.15) is 5.10 Å². The zero-order valence-corrected chi connectivity index (χ0v) is 8.46. The van der Waals surface area contributed by atoms with Crippen LogP contribution in [0.3, 0.4) is 0 Å². The topological polar surface area (TPSA) is 106 Å². The molecule has 2 aromatic rings. The van der Waals surface area contributed by atoms with E-state index in [0.29, 0.717) is 0 Å². The fraction of sp³-hybridized carbons (Fsp3) is 0. The molecule has 0 unspecified atom stereocenters. The Hall–Kier alpha value is -2.77. The van der Waals surface area contributed by atoms with Crippen molar-refractivity contribution < 1.29 is 10.0 Å². The number of non-ortho nitro benzene ring substituents is 1. The first kappa shape index (κ1) is 10.7. The zero-order valence-electron chi connectivity index (χ0n) is 8.46. The highest BCUT2D eigenvalue weighted by Gasteiger charge is 2.08. The Balaban J connectivity index is 2.31. The van der Waals surface area contributed by atoms with Crippen molar-refractivity contribution in [2.75, 3.05) is 0 Å². The van der Waals surface area contributed by atoms with E-state index in [-0.39, 0.29) is 17.0 Å². The van der Waals surface area contributed by atoms with Crippen LogP contribution in [0.25, 0.3) is 0 Å². The van der Waals surface area contributed by atoms with Gasteiger partial charge in [-0.3, -0.25) is 10.1 Å². The molecule has 1 heterocycles. The van der Waals surface area contributed by atoms with Crippen LogP contribution in [-0.4, -0.2) is 31.1 Å². The van der Waals surface area contributed by atoms with E-state index in [1.807, 2.05) is 0 Å². The van der Waals surface area contributed by atoms with Crippen LogP contribution in [0.5, 0.6) is 5.75 Å². The highest BCUT2D eigenvalue weighted by molar-refractivity contribution is 5.84. The third-order valence-electron chi connectivity index (χ3n) is 1.94. The number of phenols is 1. The fourth-order valence-electron chi connectivity index (χ4n) is 1.14. The maximum atomic E-state index is 10.5. The minimum absolute atomic E-state index is 0.0977. The number of aromatic hydroxyl groups is 1. The lowest BCUT2D eigenvalue weighted by Crippen LogP contribution is -1.93. The van der Waals surface area contributed by atoms with Gasteiger partial charge in [-0.25, -0.2) is 4.98 Å². The molecular weight excluding hydrogens is 226 g/mol. The molecule has 1 aromatic carbocycles. The van der Waals surface area contributed by atoms with Crippen LogP contribution in [0.4, 0.5) is 5.69 Å². The van der Waals surface area contributed by atoms with Gasteiger partial charge in [-0.15, -0.1) is 9.89 Å². The van der Waals surface area contributed by atoms with Crippen LogP contribution in [-0.2, 0) is 0 Å². The molecule has 2 rings (SSSR count). The summed E-state index contributed by atoms with van der Waals surface area (Å²) in [6, 6.07) is 3.67. The van der Waals surface area contributed by atoms with Crippen molar-refractivity contribution in [3.05, 3.63) is 46.5 Å². The van der Waals surface area contributed by atoms with Gasteiger partial charge in [0.15, 0.2) is 0 Å². The van der Waals surface area contributed by atoms with E-state index >= 15 is 0 Å². The number of nitro groups is 1. The number of benzene rings is 1. The molecule has 0 bridgehead atoms. The van der Waals surface area contributed by atoms with E-state index in [1.165, 1.54) is 37.1 Å². The summed E-state index contributed by atoms with van der Waals surface area (Å²) >= 11 is 0. The molecule has 0 fully saturated rings. The van der Waals surface area contributed by atoms with Gasteiger partial charge in [0.1, 0.15) is 18.4 Å². The van der Waals surface area contributed by atoms with Crippen LogP contribution in [0.1, 0.15) is 5.56 Å². The molecule has 0 aliphatic rings. The van der Waals surface area contributed by atoms with Crippen LogP contribution in [0.15, 0.2) is 36.0 Å². The van der Waals surface area contributed by atoms with Gasteiger partial charge in [-0.05, 0) is 6.07 Å². The number of nitrogens with zero attached hydrogens (tertiary/aromatic N) is 5. The minimum Gasteiger partial charge on any atom is -0.507 e. The number of rotatable bonds is 3. The number of phenolic OH excluding ortho intramolecular Hbond substituents is 1. The first-order valence-electron chi connectivity index (χ1n) is 4.53. The Morgan fingerprint density at radius 2 is 2.35 bits per heavy atom. The molecule has 0 aliphatic carbocycles. The molecule has 86 valence electrons. The van der Waals surface area contributed by atoms with Gasteiger partial charge in [0, 0.05) is 17.7 Å². The van der Waals surface area contributed by atoms with Crippen molar-refractivity contribution in [3.8, 4) is 5.75 Å². The van der Waals surface area contributed by atoms with E-state index in [4.69, 9.17) is 0 Å². The first-order valence-corrected chi connectivity index (χ1v) is 4.53. The first-order chi connectivity index (χ1) is 8.16. The zero-order chi connectivity index (χ0) is 12.3.